The normalized spacial score (nSPS) is 10.4. The van der Waals surface area contributed by atoms with E-state index in [4.69, 9.17) is 4.74 Å². The number of methoxy groups -OCH3 is 1. The number of alkyl halides is 2. The van der Waals surface area contributed by atoms with Gasteiger partial charge in [-0.25, -0.2) is 0 Å². The highest BCUT2D eigenvalue weighted by Gasteiger charge is 2.16. The van der Waals surface area contributed by atoms with Crippen LogP contribution in [-0.2, 0) is 0 Å². The Balaban J connectivity index is 2.99. The quantitative estimate of drug-likeness (QED) is 0.742. The predicted molar refractivity (Wildman–Crippen MR) is 55.7 cm³/mol. The van der Waals surface area contributed by atoms with Gasteiger partial charge in [0.05, 0.1) is 12.0 Å². The number of rotatable bonds is 4. The van der Waals surface area contributed by atoms with E-state index in [-0.39, 0.29) is 17.3 Å². The predicted octanol–water partition coefficient (Wildman–Crippen LogP) is 4.22. The minimum atomic E-state index is -2.88. The largest absolute Gasteiger partial charge is 0.497 e. The Kier molecular flexibility index (Phi) is 4.67. The van der Waals surface area contributed by atoms with Crippen LogP contribution in [-0.4, -0.2) is 12.9 Å². The van der Waals surface area contributed by atoms with Crippen LogP contribution < -0.4 is 4.74 Å². The van der Waals surface area contributed by atoms with Crippen molar-refractivity contribution in [1.29, 1.82) is 0 Å². The molecule has 1 aromatic rings. The molecule has 0 spiro atoms. The van der Waals surface area contributed by atoms with Crippen LogP contribution in [0.2, 0.25) is 0 Å². The SMILES string of the molecule is COc1ccc(C(SC(F)F)=C(F)F)cc1. The molecule has 0 atom stereocenters. The van der Waals surface area contributed by atoms with Gasteiger partial charge in [-0.3, -0.25) is 0 Å². The molecular weight excluding hydrogens is 244 g/mol. The molecule has 16 heavy (non-hydrogen) atoms. The van der Waals surface area contributed by atoms with E-state index in [1.54, 1.807) is 0 Å². The molecule has 0 aliphatic carbocycles. The summed E-state index contributed by atoms with van der Waals surface area (Å²) in [5.41, 5.74) is 0.0473. The molecule has 1 nitrogen and oxygen atoms in total. The summed E-state index contributed by atoms with van der Waals surface area (Å²) in [6.07, 6.45) is -2.12. The fraction of sp³-hybridized carbons (Fsp3) is 0.200. The van der Waals surface area contributed by atoms with Crippen LogP contribution in [0, 0.1) is 0 Å². The molecule has 0 saturated carbocycles. The Bertz CT molecular complexity index is 371. The van der Waals surface area contributed by atoms with Gasteiger partial charge >= 0.3 is 0 Å². The van der Waals surface area contributed by atoms with Crippen molar-refractivity contribution in [2.24, 2.45) is 0 Å². The topological polar surface area (TPSA) is 9.23 Å². The lowest BCUT2D eigenvalue weighted by atomic mass is 10.2. The van der Waals surface area contributed by atoms with Crippen LogP contribution in [0.5, 0.6) is 5.75 Å². The average molecular weight is 252 g/mol. The zero-order chi connectivity index (χ0) is 12.1. The van der Waals surface area contributed by atoms with Crippen molar-refractivity contribution in [1.82, 2.24) is 0 Å². The van der Waals surface area contributed by atoms with Crippen LogP contribution in [0.15, 0.2) is 30.3 Å². The van der Waals surface area contributed by atoms with E-state index in [1.807, 2.05) is 0 Å². The highest BCUT2D eigenvalue weighted by molar-refractivity contribution is 8.08. The molecule has 1 aromatic carbocycles. The Morgan fingerprint density at radius 2 is 1.75 bits per heavy atom. The van der Waals surface area contributed by atoms with Crippen LogP contribution in [0.25, 0.3) is 4.91 Å². The number of halogens is 4. The fourth-order valence-corrected chi connectivity index (χ4v) is 1.59. The van der Waals surface area contributed by atoms with Gasteiger partial charge in [0.1, 0.15) is 5.75 Å². The molecule has 0 N–H and O–H groups in total. The number of hydrogen-bond donors (Lipinski definition) is 0. The first-order chi connectivity index (χ1) is 7.54. The van der Waals surface area contributed by atoms with Crippen LogP contribution in [0.4, 0.5) is 17.6 Å². The maximum atomic E-state index is 12.4. The summed E-state index contributed by atoms with van der Waals surface area (Å²) in [5, 5.41) is 0. The zero-order valence-electron chi connectivity index (χ0n) is 8.22. The van der Waals surface area contributed by atoms with Crippen LogP contribution >= 0.6 is 11.8 Å². The van der Waals surface area contributed by atoms with Crippen molar-refractivity contribution in [3.63, 3.8) is 0 Å². The van der Waals surface area contributed by atoms with Crippen molar-refractivity contribution in [2.45, 2.75) is 5.76 Å². The Morgan fingerprint density at radius 3 is 2.12 bits per heavy atom. The molecule has 0 saturated heterocycles. The zero-order valence-corrected chi connectivity index (χ0v) is 9.03. The monoisotopic (exact) mass is 252 g/mol. The molecule has 1 rings (SSSR count). The molecular formula is C10H8F4OS. The van der Waals surface area contributed by atoms with E-state index >= 15 is 0 Å². The molecule has 0 bridgehead atoms. The molecule has 0 aromatic heterocycles. The molecule has 0 heterocycles. The minimum Gasteiger partial charge on any atom is -0.497 e. The van der Waals surface area contributed by atoms with Gasteiger partial charge in [0.15, 0.2) is 0 Å². The fourth-order valence-electron chi connectivity index (χ4n) is 1.05. The number of hydrogen-bond acceptors (Lipinski definition) is 2. The van der Waals surface area contributed by atoms with Crippen molar-refractivity contribution in [3.05, 3.63) is 35.9 Å². The smallest absolute Gasteiger partial charge is 0.289 e. The summed E-state index contributed by atoms with van der Waals surface area (Å²) in [7, 11) is 1.43. The molecule has 0 fully saturated rings. The first-order valence-electron chi connectivity index (χ1n) is 4.19. The molecule has 0 aliphatic rings. The highest BCUT2D eigenvalue weighted by Crippen LogP contribution is 2.36. The number of benzene rings is 1. The van der Waals surface area contributed by atoms with Crippen molar-refractivity contribution >= 4 is 16.7 Å². The number of thioether (sulfide) groups is 1. The van der Waals surface area contributed by atoms with Crippen molar-refractivity contribution in [3.8, 4) is 5.75 Å². The van der Waals surface area contributed by atoms with Crippen molar-refractivity contribution in [2.75, 3.05) is 7.11 Å². The third-order valence-electron chi connectivity index (χ3n) is 1.73. The third kappa shape index (κ3) is 3.44. The summed E-state index contributed by atoms with van der Waals surface area (Å²) >= 11 is -0.170. The maximum absolute atomic E-state index is 12.4. The van der Waals surface area contributed by atoms with Gasteiger partial charge in [-0.15, -0.1) is 0 Å². The van der Waals surface area contributed by atoms with E-state index in [0.29, 0.717) is 5.75 Å². The van der Waals surface area contributed by atoms with E-state index in [0.717, 1.165) is 0 Å². The Hall–Kier alpha value is -1.17. The van der Waals surface area contributed by atoms with E-state index < -0.39 is 16.7 Å². The average Bonchev–Trinajstić information content (AvgIpc) is 2.25. The van der Waals surface area contributed by atoms with Gasteiger partial charge in [-0.2, -0.15) is 17.6 Å². The minimum absolute atomic E-state index is 0.0473. The summed E-state index contributed by atoms with van der Waals surface area (Å²) < 4.78 is 53.8. The summed E-state index contributed by atoms with van der Waals surface area (Å²) in [5.74, 6) is -2.40. The van der Waals surface area contributed by atoms with Crippen LogP contribution in [0.3, 0.4) is 0 Å². The second kappa shape index (κ2) is 5.79. The molecule has 0 radical (unpaired) electrons. The van der Waals surface area contributed by atoms with Gasteiger partial charge in [0.25, 0.3) is 11.8 Å². The lowest BCUT2D eigenvalue weighted by molar-refractivity contribution is 0.253. The van der Waals surface area contributed by atoms with Gasteiger partial charge in [-0.05, 0) is 41.6 Å². The lowest BCUT2D eigenvalue weighted by Crippen LogP contribution is -1.88. The second-order valence-electron chi connectivity index (χ2n) is 2.70. The van der Waals surface area contributed by atoms with Gasteiger partial charge in [0, 0.05) is 0 Å². The molecule has 0 unspecified atom stereocenters. The standard InChI is InChI=1S/C10H8F4OS/c1-15-7-4-2-6(3-5-7)8(9(11)12)16-10(13)14/h2-5,10H,1H3. The Labute approximate surface area is 94.1 Å². The third-order valence-corrected chi connectivity index (χ3v) is 2.53. The molecule has 0 amide bonds. The van der Waals surface area contributed by atoms with Crippen molar-refractivity contribution < 1.29 is 22.3 Å². The molecule has 6 heteroatoms. The van der Waals surface area contributed by atoms with Gasteiger partial charge in [-0.1, -0.05) is 0 Å². The summed E-state index contributed by atoms with van der Waals surface area (Å²) in [6, 6.07) is 5.49. The van der Waals surface area contributed by atoms with Gasteiger partial charge < -0.3 is 4.74 Å². The van der Waals surface area contributed by atoms with E-state index in [9.17, 15) is 17.6 Å². The molecule has 0 aliphatic heterocycles. The van der Waals surface area contributed by atoms with Gasteiger partial charge in [0.2, 0.25) is 0 Å². The van der Waals surface area contributed by atoms with Crippen LogP contribution in [0.1, 0.15) is 5.56 Å². The lowest BCUT2D eigenvalue weighted by Gasteiger charge is -2.06. The second-order valence-corrected chi connectivity index (χ2v) is 3.70. The maximum Gasteiger partial charge on any atom is 0.289 e. The summed E-state index contributed by atoms with van der Waals surface area (Å²) in [6.45, 7) is 0. The summed E-state index contributed by atoms with van der Waals surface area (Å²) in [4.78, 5) is -0.711. The van der Waals surface area contributed by atoms with E-state index in [1.165, 1.54) is 31.4 Å². The first-order valence-corrected chi connectivity index (χ1v) is 5.07. The first kappa shape index (κ1) is 12.9. The molecule has 88 valence electrons. The highest BCUT2D eigenvalue weighted by atomic mass is 32.2. The number of ether oxygens (including phenoxy) is 1. The van der Waals surface area contributed by atoms with E-state index in [2.05, 4.69) is 0 Å². The Morgan fingerprint density at radius 1 is 1.19 bits per heavy atom.